The lowest BCUT2D eigenvalue weighted by atomic mass is 10.0. The van der Waals surface area contributed by atoms with Gasteiger partial charge in [0.2, 0.25) is 0 Å². The first-order valence-corrected chi connectivity index (χ1v) is 9.57. The minimum absolute atomic E-state index is 0.0128. The van der Waals surface area contributed by atoms with Gasteiger partial charge in [0.15, 0.2) is 0 Å². The molecule has 0 bridgehead atoms. The van der Waals surface area contributed by atoms with Gasteiger partial charge < -0.3 is 20.3 Å². The zero-order chi connectivity index (χ0) is 19.2. The molecule has 1 atom stereocenters. The van der Waals surface area contributed by atoms with Crippen LogP contribution in [-0.2, 0) is 0 Å². The molecule has 1 heterocycles. The van der Waals surface area contributed by atoms with Crippen LogP contribution in [0.25, 0.3) is 0 Å². The van der Waals surface area contributed by atoms with E-state index >= 15 is 0 Å². The molecule has 1 aliphatic carbocycles. The Bertz CT molecular complexity index is 738. The van der Waals surface area contributed by atoms with Crippen LogP contribution in [0, 0.1) is 5.92 Å². The molecule has 144 valence electrons. The lowest BCUT2D eigenvalue weighted by Gasteiger charge is -2.21. The lowest BCUT2D eigenvalue weighted by Crippen LogP contribution is -2.33. The summed E-state index contributed by atoms with van der Waals surface area (Å²) in [5.74, 6) is 2.23. The van der Waals surface area contributed by atoms with Crippen LogP contribution in [0.2, 0.25) is 0 Å². The number of urea groups is 1. The molecule has 0 saturated heterocycles. The van der Waals surface area contributed by atoms with Crippen LogP contribution in [-0.4, -0.2) is 31.2 Å². The molecule has 6 heteroatoms. The van der Waals surface area contributed by atoms with Gasteiger partial charge in [-0.1, -0.05) is 12.1 Å². The highest BCUT2D eigenvalue weighted by Gasteiger charge is 2.33. The monoisotopic (exact) mass is 368 g/mol. The zero-order valence-electron chi connectivity index (χ0n) is 16.2. The fourth-order valence-electron chi connectivity index (χ4n) is 3.22. The molecule has 0 aliphatic heterocycles. The van der Waals surface area contributed by atoms with Gasteiger partial charge in [-0.25, -0.2) is 9.78 Å². The second-order valence-corrected chi connectivity index (χ2v) is 6.76. The molecule has 2 N–H and O–H groups in total. The Hall–Kier alpha value is -2.76. The zero-order valence-corrected chi connectivity index (χ0v) is 16.2. The van der Waals surface area contributed by atoms with Crippen LogP contribution < -0.4 is 20.3 Å². The molecule has 1 unspecified atom stereocenters. The number of hydrogen-bond acceptors (Lipinski definition) is 4. The van der Waals surface area contributed by atoms with Gasteiger partial charge in [-0.3, -0.25) is 0 Å². The summed E-state index contributed by atoms with van der Waals surface area (Å²) in [6.07, 6.45) is 3.97. The van der Waals surface area contributed by atoms with Crippen molar-refractivity contribution in [3.05, 3.63) is 48.2 Å². The number of aromatic nitrogens is 1. The van der Waals surface area contributed by atoms with Gasteiger partial charge >= 0.3 is 6.03 Å². The number of carbonyl (C=O) groups is 1. The van der Waals surface area contributed by atoms with Gasteiger partial charge in [0.25, 0.3) is 0 Å². The van der Waals surface area contributed by atoms with Crippen LogP contribution in [0.3, 0.4) is 0 Å². The normalized spacial score (nSPS) is 14.3. The van der Waals surface area contributed by atoms with Gasteiger partial charge in [0, 0.05) is 13.1 Å². The Morgan fingerprint density at radius 2 is 1.89 bits per heavy atom. The molecule has 1 saturated carbocycles. The van der Waals surface area contributed by atoms with E-state index < -0.39 is 0 Å². The lowest BCUT2D eigenvalue weighted by molar-refractivity contribution is 0.247. The third kappa shape index (κ3) is 4.90. The van der Waals surface area contributed by atoms with E-state index in [-0.39, 0.29) is 12.1 Å². The standard InChI is InChI=1S/C21H28N4O2/c1-4-25(5-2)19-13-10-17(14-22-19)23-21(26)24-20(15-6-7-15)16-8-11-18(27-3)12-9-16/h8-15,20H,4-7H2,1-3H3,(H2,23,24,26). The predicted octanol–water partition coefficient (Wildman–Crippen LogP) is 4.21. The minimum atomic E-state index is -0.208. The SMILES string of the molecule is CCN(CC)c1ccc(NC(=O)NC(c2ccc(OC)cc2)C2CC2)cn1. The van der Waals surface area contributed by atoms with Crippen molar-refractivity contribution in [2.45, 2.75) is 32.7 Å². The van der Waals surface area contributed by atoms with Crippen molar-refractivity contribution < 1.29 is 9.53 Å². The first-order valence-electron chi connectivity index (χ1n) is 9.57. The Kier molecular flexibility index (Phi) is 6.16. The summed E-state index contributed by atoms with van der Waals surface area (Å²) in [5.41, 5.74) is 1.79. The van der Waals surface area contributed by atoms with Crippen LogP contribution in [0.4, 0.5) is 16.3 Å². The van der Waals surface area contributed by atoms with E-state index in [0.717, 1.165) is 43.1 Å². The summed E-state index contributed by atoms with van der Waals surface area (Å²) < 4.78 is 5.22. The summed E-state index contributed by atoms with van der Waals surface area (Å²) >= 11 is 0. The molecule has 1 aromatic carbocycles. The Labute approximate surface area is 160 Å². The number of benzene rings is 1. The number of amides is 2. The molecule has 6 nitrogen and oxygen atoms in total. The third-order valence-corrected chi connectivity index (χ3v) is 4.95. The molecular formula is C21H28N4O2. The molecule has 1 aliphatic rings. The van der Waals surface area contributed by atoms with Crippen LogP contribution in [0.15, 0.2) is 42.6 Å². The molecule has 3 rings (SSSR count). The molecule has 2 aromatic rings. The Morgan fingerprint density at radius 3 is 2.41 bits per heavy atom. The van der Waals surface area contributed by atoms with Gasteiger partial charge in [-0.05, 0) is 62.4 Å². The number of carbonyl (C=O) groups excluding carboxylic acids is 1. The van der Waals surface area contributed by atoms with Crippen molar-refractivity contribution in [2.75, 3.05) is 30.4 Å². The number of methoxy groups -OCH3 is 1. The summed E-state index contributed by atoms with van der Waals surface area (Å²) in [4.78, 5) is 19.1. The van der Waals surface area contributed by atoms with Crippen molar-refractivity contribution in [3.63, 3.8) is 0 Å². The summed E-state index contributed by atoms with van der Waals surface area (Å²) in [5, 5.41) is 6.01. The number of nitrogens with one attached hydrogen (secondary N) is 2. The van der Waals surface area contributed by atoms with E-state index in [4.69, 9.17) is 4.74 Å². The van der Waals surface area contributed by atoms with Crippen molar-refractivity contribution in [3.8, 4) is 5.75 Å². The minimum Gasteiger partial charge on any atom is -0.497 e. The highest BCUT2D eigenvalue weighted by molar-refractivity contribution is 5.89. The van der Waals surface area contributed by atoms with E-state index in [1.165, 1.54) is 0 Å². The second kappa shape index (κ2) is 8.75. The first kappa shape index (κ1) is 19.0. The number of ether oxygens (including phenoxy) is 1. The van der Waals surface area contributed by atoms with E-state index in [0.29, 0.717) is 11.6 Å². The van der Waals surface area contributed by atoms with Crippen LogP contribution >= 0.6 is 0 Å². The molecular weight excluding hydrogens is 340 g/mol. The Morgan fingerprint density at radius 1 is 1.19 bits per heavy atom. The molecule has 0 spiro atoms. The van der Waals surface area contributed by atoms with E-state index in [1.807, 2.05) is 36.4 Å². The fourth-order valence-corrected chi connectivity index (χ4v) is 3.22. The number of rotatable bonds is 8. The maximum atomic E-state index is 12.5. The van der Waals surface area contributed by atoms with Gasteiger partial charge in [-0.2, -0.15) is 0 Å². The van der Waals surface area contributed by atoms with Gasteiger partial charge in [0.05, 0.1) is 25.0 Å². The average Bonchev–Trinajstić information content (AvgIpc) is 3.54. The van der Waals surface area contributed by atoms with Crippen LogP contribution in [0.5, 0.6) is 5.75 Å². The van der Waals surface area contributed by atoms with E-state index in [1.54, 1.807) is 13.3 Å². The summed E-state index contributed by atoms with van der Waals surface area (Å²) in [7, 11) is 1.65. The predicted molar refractivity (Wildman–Crippen MR) is 108 cm³/mol. The van der Waals surface area contributed by atoms with E-state index in [2.05, 4.69) is 34.4 Å². The topological polar surface area (TPSA) is 66.5 Å². The number of pyridine rings is 1. The van der Waals surface area contributed by atoms with Gasteiger partial charge in [-0.15, -0.1) is 0 Å². The maximum Gasteiger partial charge on any atom is 0.319 e. The smallest absolute Gasteiger partial charge is 0.319 e. The molecule has 0 radical (unpaired) electrons. The fraction of sp³-hybridized carbons (Fsp3) is 0.429. The first-order chi connectivity index (χ1) is 13.1. The third-order valence-electron chi connectivity index (χ3n) is 4.95. The number of nitrogens with zero attached hydrogens (tertiary/aromatic N) is 2. The largest absolute Gasteiger partial charge is 0.497 e. The van der Waals surface area contributed by atoms with Crippen molar-refractivity contribution >= 4 is 17.5 Å². The highest BCUT2D eigenvalue weighted by Crippen LogP contribution is 2.41. The number of hydrogen-bond donors (Lipinski definition) is 2. The summed E-state index contributed by atoms with van der Waals surface area (Å²) in [6.45, 7) is 6.01. The molecule has 2 amide bonds. The van der Waals surface area contributed by atoms with E-state index in [9.17, 15) is 4.79 Å². The molecule has 1 aromatic heterocycles. The maximum absolute atomic E-state index is 12.5. The molecule has 27 heavy (non-hydrogen) atoms. The van der Waals surface area contributed by atoms with Gasteiger partial charge in [0.1, 0.15) is 11.6 Å². The van der Waals surface area contributed by atoms with Crippen molar-refractivity contribution in [1.29, 1.82) is 0 Å². The van der Waals surface area contributed by atoms with Crippen LogP contribution in [0.1, 0.15) is 38.3 Å². The van der Waals surface area contributed by atoms with Crippen molar-refractivity contribution in [1.82, 2.24) is 10.3 Å². The second-order valence-electron chi connectivity index (χ2n) is 6.76. The quantitative estimate of drug-likeness (QED) is 0.732. The average molecular weight is 368 g/mol. The Balaban J connectivity index is 1.62. The highest BCUT2D eigenvalue weighted by atomic mass is 16.5. The van der Waals surface area contributed by atoms with Crippen molar-refractivity contribution in [2.24, 2.45) is 5.92 Å². The number of anilines is 2. The molecule has 1 fully saturated rings. The summed E-state index contributed by atoms with van der Waals surface area (Å²) in [6, 6.07) is 11.5.